The highest BCUT2D eigenvalue weighted by Gasteiger charge is 2.44. The molecule has 0 radical (unpaired) electrons. The van der Waals surface area contributed by atoms with Crippen LogP contribution in [-0.2, 0) is 6.54 Å². The number of hydrogen-bond donors (Lipinski definition) is 0. The predicted molar refractivity (Wildman–Crippen MR) is 75.2 cm³/mol. The Bertz CT molecular complexity index is 437. The van der Waals surface area contributed by atoms with Gasteiger partial charge in [0.25, 0.3) is 0 Å². The summed E-state index contributed by atoms with van der Waals surface area (Å²) >= 11 is 0. The molecular weight excluding hydrogens is 238 g/mol. The van der Waals surface area contributed by atoms with Crippen LogP contribution in [0, 0.1) is 0 Å². The number of hydrogen-bond acceptors (Lipinski definition) is 4. The number of ether oxygens (including phenoxy) is 1. The van der Waals surface area contributed by atoms with Crippen LogP contribution in [0.4, 0.5) is 0 Å². The van der Waals surface area contributed by atoms with Crippen LogP contribution < -0.4 is 4.74 Å². The minimum Gasteiger partial charge on any atom is -0.495 e. The van der Waals surface area contributed by atoms with Gasteiger partial charge in [-0.05, 0) is 31.9 Å². The molecule has 2 bridgehead atoms. The zero-order valence-corrected chi connectivity index (χ0v) is 12.0. The van der Waals surface area contributed by atoms with Gasteiger partial charge in [0, 0.05) is 44.0 Å². The van der Waals surface area contributed by atoms with Crippen molar-refractivity contribution in [3.8, 4) is 5.75 Å². The van der Waals surface area contributed by atoms with Gasteiger partial charge in [-0.1, -0.05) is 0 Å². The number of fused-ring (bicyclic) bond motifs is 2. The van der Waals surface area contributed by atoms with Crippen LogP contribution in [0.15, 0.2) is 18.5 Å². The molecule has 0 spiro atoms. The monoisotopic (exact) mass is 261 g/mol. The molecule has 3 heterocycles. The third-order valence-corrected chi connectivity index (χ3v) is 4.47. The second-order valence-electron chi connectivity index (χ2n) is 6.00. The van der Waals surface area contributed by atoms with Crippen molar-refractivity contribution in [1.82, 2.24) is 14.8 Å². The molecule has 0 aliphatic carbocycles. The van der Waals surface area contributed by atoms with Crippen molar-refractivity contribution in [2.45, 2.75) is 44.9 Å². The molecule has 2 saturated heterocycles. The van der Waals surface area contributed by atoms with Gasteiger partial charge in [0.05, 0.1) is 13.3 Å². The van der Waals surface area contributed by atoms with Crippen molar-refractivity contribution in [3.63, 3.8) is 0 Å². The number of pyridine rings is 1. The van der Waals surface area contributed by atoms with Gasteiger partial charge in [0.1, 0.15) is 5.75 Å². The molecule has 1 aromatic heterocycles. The first-order valence-electron chi connectivity index (χ1n) is 7.15. The van der Waals surface area contributed by atoms with Crippen molar-refractivity contribution < 1.29 is 4.74 Å². The lowest BCUT2D eigenvalue weighted by molar-refractivity contribution is -0.0835. The first-order chi connectivity index (χ1) is 9.17. The van der Waals surface area contributed by atoms with Crippen LogP contribution >= 0.6 is 0 Å². The van der Waals surface area contributed by atoms with Crippen LogP contribution in [0.1, 0.15) is 25.8 Å². The van der Waals surface area contributed by atoms with Gasteiger partial charge in [0.15, 0.2) is 0 Å². The second kappa shape index (κ2) is 5.10. The van der Waals surface area contributed by atoms with E-state index in [0.29, 0.717) is 6.04 Å². The predicted octanol–water partition coefficient (Wildman–Crippen LogP) is 1.76. The van der Waals surface area contributed by atoms with E-state index in [1.165, 1.54) is 25.1 Å². The van der Waals surface area contributed by atoms with Gasteiger partial charge in [0.2, 0.25) is 0 Å². The SMILES string of the molecule is COc1cncc(CN2C3CC2CN(C(C)C)C3)c1. The molecule has 2 fully saturated rings. The van der Waals surface area contributed by atoms with Crippen molar-refractivity contribution in [1.29, 1.82) is 0 Å². The lowest BCUT2D eigenvalue weighted by Gasteiger charge is -2.57. The Morgan fingerprint density at radius 1 is 1.32 bits per heavy atom. The first-order valence-corrected chi connectivity index (χ1v) is 7.15. The highest BCUT2D eigenvalue weighted by Crippen LogP contribution is 2.34. The number of nitrogens with zero attached hydrogens (tertiary/aromatic N) is 3. The number of aromatic nitrogens is 1. The summed E-state index contributed by atoms with van der Waals surface area (Å²) in [6.07, 6.45) is 5.08. The Balaban J connectivity index is 1.63. The maximum atomic E-state index is 5.24. The second-order valence-corrected chi connectivity index (χ2v) is 6.00. The fourth-order valence-electron chi connectivity index (χ4n) is 3.27. The van der Waals surface area contributed by atoms with Gasteiger partial charge in [-0.25, -0.2) is 0 Å². The van der Waals surface area contributed by atoms with E-state index in [0.717, 1.165) is 24.4 Å². The fourth-order valence-corrected chi connectivity index (χ4v) is 3.27. The van der Waals surface area contributed by atoms with Crippen LogP contribution in [0.5, 0.6) is 5.75 Å². The van der Waals surface area contributed by atoms with Crippen molar-refractivity contribution in [2.24, 2.45) is 0 Å². The Labute approximate surface area is 115 Å². The molecule has 2 aliphatic heterocycles. The molecule has 0 aromatic carbocycles. The fraction of sp³-hybridized carbons (Fsp3) is 0.667. The molecule has 19 heavy (non-hydrogen) atoms. The molecule has 0 amide bonds. The molecule has 3 rings (SSSR count). The normalized spacial score (nSPS) is 27.4. The van der Waals surface area contributed by atoms with Gasteiger partial charge < -0.3 is 4.74 Å². The van der Waals surface area contributed by atoms with Gasteiger partial charge in [-0.15, -0.1) is 0 Å². The van der Waals surface area contributed by atoms with Gasteiger partial charge in [-0.3, -0.25) is 14.8 Å². The minimum absolute atomic E-state index is 0.672. The van der Waals surface area contributed by atoms with E-state index in [2.05, 4.69) is 34.7 Å². The maximum absolute atomic E-state index is 5.24. The van der Waals surface area contributed by atoms with E-state index in [9.17, 15) is 0 Å². The summed E-state index contributed by atoms with van der Waals surface area (Å²) in [7, 11) is 1.69. The van der Waals surface area contributed by atoms with Gasteiger partial charge in [-0.2, -0.15) is 0 Å². The summed E-state index contributed by atoms with van der Waals surface area (Å²) in [6.45, 7) is 8.02. The van der Waals surface area contributed by atoms with E-state index < -0.39 is 0 Å². The molecule has 2 atom stereocenters. The topological polar surface area (TPSA) is 28.6 Å². The standard InChI is InChI=1S/C15H23N3O/c1-11(2)17-9-13-5-14(10-17)18(13)8-12-4-15(19-3)7-16-6-12/h4,6-7,11,13-14H,5,8-10H2,1-3H3. The first kappa shape index (κ1) is 12.9. The Kier molecular flexibility index (Phi) is 3.46. The molecule has 2 aliphatic rings. The average Bonchev–Trinajstić information content (AvgIpc) is 2.45. The third-order valence-electron chi connectivity index (χ3n) is 4.47. The zero-order valence-electron chi connectivity index (χ0n) is 12.0. The summed E-state index contributed by atoms with van der Waals surface area (Å²) < 4.78 is 5.24. The molecule has 4 heteroatoms. The lowest BCUT2D eigenvalue weighted by Crippen LogP contribution is -2.68. The molecule has 1 aromatic rings. The van der Waals surface area contributed by atoms with Crippen LogP contribution in [0.3, 0.4) is 0 Å². The molecule has 4 nitrogen and oxygen atoms in total. The highest BCUT2D eigenvalue weighted by atomic mass is 16.5. The van der Waals surface area contributed by atoms with E-state index >= 15 is 0 Å². The summed E-state index contributed by atoms with van der Waals surface area (Å²) in [5.41, 5.74) is 1.26. The molecule has 0 N–H and O–H groups in total. The Hall–Kier alpha value is -1.13. The quantitative estimate of drug-likeness (QED) is 0.826. The van der Waals surface area contributed by atoms with E-state index in [1.807, 2.05) is 6.20 Å². The smallest absolute Gasteiger partial charge is 0.137 e. The van der Waals surface area contributed by atoms with E-state index in [1.54, 1.807) is 13.3 Å². The average molecular weight is 261 g/mol. The van der Waals surface area contributed by atoms with Crippen molar-refractivity contribution in [3.05, 3.63) is 24.0 Å². The number of likely N-dealkylation sites (tertiary alicyclic amines) is 2. The molecular formula is C15H23N3O. The summed E-state index contributed by atoms with van der Waals surface area (Å²) in [5.74, 6) is 0.854. The van der Waals surface area contributed by atoms with Crippen LogP contribution in [-0.4, -0.2) is 53.1 Å². The lowest BCUT2D eigenvalue weighted by atomic mass is 9.86. The number of piperazine rings is 1. The van der Waals surface area contributed by atoms with E-state index in [4.69, 9.17) is 4.74 Å². The Morgan fingerprint density at radius 2 is 2.05 bits per heavy atom. The molecule has 0 saturated carbocycles. The van der Waals surface area contributed by atoms with Crippen LogP contribution in [0.25, 0.3) is 0 Å². The minimum atomic E-state index is 0.672. The van der Waals surface area contributed by atoms with Crippen molar-refractivity contribution in [2.75, 3.05) is 20.2 Å². The number of rotatable bonds is 4. The number of methoxy groups -OCH3 is 1. The summed E-state index contributed by atoms with van der Waals surface area (Å²) in [5, 5.41) is 0. The summed E-state index contributed by atoms with van der Waals surface area (Å²) in [6, 6.07) is 4.23. The van der Waals surface area contributed by atoms with Gasteiger partial charge >= 0.3 is 0 Å². The van der Waals surface area contributed by atoms with E-state index in [-0.39, 0.29) is 0 Å². The zero-order chi connectivity index (χ0) is 13.4. The van der Waals surface area contributed by atoms with Crippen molar-refractivity contribution >= 4 is 0 Å². The molecule has 104 valence electrons. The Morgan fingerprint density at radius 3 is 2.68 bits per heavy atom. The number of piperidine rings is 1. The maximum Gasteiger partial charge on any atom is 0.137 e. The molecule has 2 unspecified atom stereocenters. The summed E-state index contributed by atoms with van der Waals surface area (Å²) in [4.78, 5) is 9.46. The highest BCUT2D eigenvalue weighted by molar-refractivity contribution is 5.24. The third kappa shape index (κ3) is 2.47. The largest absolute Gasteiger partial charge is 0.495 e. The van der Waals surface area contributed by atoms with Crippen LogP contribution in [0.2, 0.25) is 0 Å².